The number of nitrogens with zero attached hydrogens (tertiary/aromatic N) is 3. The molecule has 0 fully saturated rings. The van der Waals surface area contributed by atoms with Crippen molar-refractivity contribution in [1.82, 2.24) is 19.9 Å². The van der Waals surface area contributed by atoms with E-state index in [4.69, 9.17) is 0 Å². The number of amides is 1. The predicted molar refractivity (Wildman–Crippen MR) is 63.3 cm³/mol. The summed E-state index contributed by atoms with van der Waals surface area (Å²) in [4.78, 5) is 18.6. The molecule has 7 heteroatoms. The molecule has 0 unspecified atom stereocenters. The fraction of sp³-hybridized carbons (Fsp3) is 0.250. The normalized spacial score (nSPS) is 10.4. The average Bonchev–Trinajstić information content (AvgIpc) is 2.91. The van der Waals surface area contributed by atoms with Crippen molar-refractivity contribution in [2.75, 3.05) is 6.54 Å². The number of carbonyl (C=O) groups excluding carboxylic acids is 1. The molecule has 0 atom stereocenters. The van der Waals surface area contributed by atoms with Crippen molar-refractivity contribution in [2.24, 2.45) is 0 Å². The first-order chi connectivity index (χ1) is 9.18. The summed E-state index contributed by atoms with van der Waals surface area (Å²) in [5.41, 5.74) is -0.338. The molecular formula is C12H12F2N4O. The lowest BCUT2D eigenvalue weighted by atomic mass is 10.2. The summed E-state index contributed by atoms with van der Waals surface area (Å²) in [5.74, 6) is -3.15. The first-order valence-corrected chi connectivity index (χ1v) is 5.72. The summed E-state index contributed by atoms with van der Waals surface area (Å²) in [6, 6.07) is 1.14. The topological polar surface area (TPSA) is 59.8 Å². The van der Waals surface area contributed by atoms with Gasteiger partial charge in [0.05, 0.1) is 11.9 Å². The zero-order chi connectivity index (χ0) is 13.7. The highest BCUT2D eigenvalue weighted by Gasteiger charge is 2.15. The van der Waals surface area contributed by atoms with E-state index in [0.717, 1.165) is 12.3 Å². The van der Waals surface area contributed by atoms with Gasteiger partial charge in [-0.1, -0.05) is 0 Å². The molecule has 1 N–H and O–H groups in total. The Labute approximate surface area is 108 Å². The maximum atomic E-state index is 13.3. The molecular weight excluding hydrogens is 254 g/mol. The van der Waals surface area contributed by atoms with Gasteiger partial charge in [0.2, 0.25) is 5.95 Å². The standard InChI is InChI=1S/C12H12F2N4O/c13-10-9(2-4-16-11(10)14)12(19)17-3-1-6-18-7-5-15-8-18/h2,4-5,7-8H,1,3,6H2,(H,17,19). The Morgan fingerprint density at radius 2 is 2.21 bits per heavy atom. The minimum absolute atomic E-state index is 0.338. The van der Waals surface area contributed by atoms with Crippen LogP contribution in [0.2, 0.25) is 0 Å². The number of aromatic nitrogens is 3. The number of halogens is 2. The minimum Gasteiger partial charge on any atom is -0.352 e. The summed E-state index contributed by atoms with van der Waals surface area (Å²) >= 11 is 0. The molecule has 2 aromatic rings. The number of rotatable bonds is 5. The van der Waals surface area contributed by atoms with E-state index in [-0.39, 0.29) is 5.56 Å². The van der Waals surface area contributed by atoms with Gasteiger partial charge < -0.3 is 9.88 Å². The lowest BCUT2D eigenvalue weighted by Gasteiger charge is -2.06. The van der Waals surface area contributed by atoms with Crippen molar-refractivity contribution < 1.29 is 13.6 Å². The van der Waals surface area contributed by atoms with Gasteiger partial charge >= 0.3 is 0 Å². The van der Waals surface area contributed by atoms with E-state index in [9.17, 15) is 13.6 Å². The molecule has 0 aliphatic rings. The zero-order valence-corrected chi connectivity index (χ0v) is 10.0. The van der Waals surface area contributed by atoms with Crippen LogP contribution in [0.5, 0.6) is 0 Å². The number of aryl methyl sites for hydroxylation is 1. The quantitative estimate of drug-likeness (QED) is 0.657. The minimum atomic E-state index is -1.27. The van der Waals surface area contributed by atoms with E-state index >= 15 is 0 Å². The van der Waals surface area contributed by atoms with Gasteiger partial charge in [-0.15, -0.1) is 0 Å². The van der Waals surface area contributed by atoms with Crippen LogP contribution in [0.15, 0.2) is 31.0 Å². The van der Waals surface area contributed by atoms with Crippen LogP contribution < -0.4 is 5.32 Å². The highest BCUT2D eigenvalue weighted by Crippen LogP contribution is 2.08. The second-order valence-corrected chi connectivity index (χ2v) is 3.87. The van der Waals surface area contributed by atoms with Gasteiger partial charge in [-0.2, -0.15) is 4.39 Å². The molecule has 5 nitrogen and oxygen atoms in total. The Bertz CT molecular complexity index is 557. The van der Waals surface area contributed by atoms with E-state index < -0.39 is 17.7 Å². The smallest absolute Gasteiger partial charge is 0.254 e. The van der Waals surface area contributed by atoms with Crippen LogP contribution in [0.3, 0.4) is 0 Å². The van der Waals surface area contributed by atoms with E-state index in [1.165, 1.54) is 0 Å². The third-order valence-corrected chi connectivity index (χ3v) is 2.53. The number of pyridine rings is 1. The van der Waals surface area contributed by atoms with E-state index in [2.05, 4.69) is 15.3 Å². The van der Waals surface area contributed by atoms with E-state index in [1.54, 1.807) is 18.7 Å². The van der Waals surface area contributed by atoms with Crippen molar-refractivity contribution in [3.05, 3.63) is 48.3 Å². The van der Waals surface area contributed by atoms with Crippen molar-refractivity contribution in [2.45, 2.75) is 13.0 Å². The first-order valence-electron chi connectivity index (χ1n) is 5.72. The summed E-state index contributed by atoms with van der Waals surface area (Å²) in [6.07, 6.45) is 6.85. The third kappa shape index (κ3) is 3.34. The summed E-state index contributed by atoms with van der Waals surface area (Å²) in [5, 5.41) is 2.52. The number of carbonyl (C=O) groups is 1. The summed E-state index contributed by atoms with van der Waals surface area (Å²) in [7, 11) is 0. The molecule has 0 aliphatic carbocycles. The molecule has 0 saturated heterocycles. The van der Waals surface area contributed by atoms with Gasteiger partial charge in [0.1, 0.15) is 0 Å². The van der Waals surface area contributed by atoms with Gasteiger partial charge in [0.15, 0.2) is 5.82 Å². The van der Waals surface area contributed by atoms with Crippen LogP contribution in [-0.2, 0) is 6.54 Å². The van der Waals surface area contributed by atoms with Crippen LogP contribution in [0.1, 0.15) is 16.8 Å². The van der Waals surface area contributed by atoms with Crippen LogP contribution in [0.4, 0.5) is 8.78 Å². The monoisotopic (exact) mass is 266 g/mol. The molecule has 2 aromatic heterocycles. The van der Waals surface area contributed by atoms with Crippen LogP contribution in [0.25, 0.3) is 0 Å². The van der Waals surface area contributed by atoms with Crippen LogP contribution >= 0.6 is 0 Å². The largest absolute Gasteiger partial charge is 0.352 e. The zero-order valence-electron chi connectivity index (χ0n) is 10.0. The number of hydrogen-bond donors (Lipinski definition) is 1. The third-order valence-electron chi connectivity index (χ3n) is 2.53. The Balaban J connectivity index is 1.83. The van der Waals surface area contributed by atoms with Gasteiger partial charge in [-0.25, -0.2) is 14.4 Å². The molecule has 19 heavy (non-hydrogen) atoms. The number of imidazole rings is 1. The molecule has 100 valence electrons. The van der Waals surface area contributed by atoms with Crippen LogP contribution in [-0.4, -0.2) is 27.0 Å². The van der Waals surface area contributed by atoms with Crippen molar-refractivity contribution in [3.63, 3.8) is 0 Å². The fourth-order valence-corrected chi connectivity index (χ4v) is 1.57. The molecule has 0 radical (unpaired) electrons. The van der Waals surface area contributed by atoms with Gasteiger partial charge in [-0.3, -0.25) is 4.79 Å². The SMILES string of the molecule is O=C(NCCCn1ccnc1)c1ccnc(F)c1F. The Morgan fingerprint density at radius 3 is 2.95 bits per heavy atom. The second-order valence-electron chi connectivity index (χ2n) is 3.87. The predicted octanol–water partition coefficient (Wildman–Crippen LogP) is 1.38. The molecule has 2 rings (SSSR count). The van der Waals surface area contributed by atoms with Gasteiger partial charge in [0, 0.05) is 31.7 Å². The summed E-state index contributed by atoms with van der Waals surface area (Å²) in [6.45, 7) is 1.05. The second kappa shape index (κ2) is 6.03. The lowest BCUT2D eigenvalue weighted by Crippen LogP contribution is -2.26. The maximum Gasteiger partial charge on any atom is 0.254 e. The molecule has 0 spiro atoms. The lowest BCUT2D eigenvalue weighted by molar-refractivity contribution is 0.0947. The molecule has 2 heterocycles. The van der Waals surface area contributed by atoms with Gasteiger partial charge in [-0.05, 0) is 12.5 Å². The first kappa shape index (κ1) is 13.1. The highest BCUT2D eigenvalue weighted by molar-refractivity contribution is 5.94. The fourth-order valence-electron chi connectivity index (χ4n) is 1.57. The van der Waals surface area contributed by atoms with Crippen molar-refractivity contribution in [3.8, 4) is 0 Å². The van der Waals surface area contributed by atoms with E-state index in [1.807, 2.05) is 4.57 Å². The Kier molecular flexibility index (Phi) is 4.17. The Hall–Kier alpha value is -2.31. The van der Waals surface area contributed by atoms with Crippen molar-refractivity contribution >= 4 is 5.91 Å². The highest BCUT2D eigenvalue weighted by atomic mass is 19.2. The van der Waals surface area contributed by atoms with Crippen LogP contribution in [0, 0.1) is 11.8 Å². The molecule has 1 amide bonds. The average molecular weight is 266 g/mol. The number of hydrogen-bond acceptors (Lipinski definition) is 3. The number of nitrogens with one attached hydrogen (secondary N) is 1. The van der Waals surface area contributed by atoms with Crippen molar-refractivity contribution in [1.29, 1.82) is 0 Å². The molecule has 0 aliphatic heterocycles. The maximum absolute atomic E-state index is 13.3. The molecule has 0 bridgehead atoms. The Morgan fingerprint density at radius 1 is 1.37 bits per heavy atom. The molecule has 0 aromatic carbocycles. The van der Waals surface area contributed by atoms with Gasteiger partial charge in [0.25, 0.3) is 5.91 Å². The summed E-state index contributed by atoms with van der Waals surface area (Å²) < 4.78 is 28.0. The van der Waals surface area contributed by atoms with E-state index in [0.29, 0.717) is 19.5 Å². The molecule has 0 saturated carbocycles.